The van der Waals surface area contributed by atoms with Crippen molar-refractivity contribution in [3.05, 3.63) is 102 Å². The number of ketones is 1. The molecule has 0 unspecified atom stereocenters. The first-order chi connectivity index (χ1) is 21.5. The lowest BCUT2D eigenvalue weighted by Crippen LogP contribution is -2.28. The van der Waals surface area contributed by atoms with E-state index in [4.69, 9.17) is 4.74 Å². The van der Waals surface area contributed by atoms with Gasteiger partial charge in [0.15, 0.2) is 11.6 Å². The van der Waals surface area contributed by atoms with Crippen molar-refractivity contribution in [1.29, 1.82) is 0 Å². The zero-order valence-electron chi connectivity index (χ0n) is 25.7. The second kappa shape index (κ2) is 13.8. The van der Waals surface area contributed by atoms with Crippen molar-refractivity contribution in [2.24, 2.45) is 0 Å². The van der Waals surface area contributed by atoms with Crippen LogP contribution in [0.15, 0.2) is 79.1 Å². The predicted octanol–water partition coefficient (Wildman–Crippen LogP) is 7.65. The van der Waals surface area contributed by atoms with Crippen molar-refractivity contribution in [2.45, 2.75) is 39.7 Å². The SMILES string of the molecule is CCCN(Cc1ccc(-c2cc3nccc(Oc4ccc(CC(=O)Cc5cccc(P(C)(C)=O)c5)cc4F)c3s2)nc1)C(C)=O. The maximum atomic E-state index is 15.2. The van der Waals surface area contributed by atoms with E-state index in [1.165, 1.54) is 23.5 Å². The van der Waals surface area contributed by atoms with Crippen molar-refractivity contribution in [3.63, 3.8) is 0 Å². The number of halogens is 1. The zero-order chi connectivity index (χ0) is 32.1. The van der Waals surface area contributed by atoms with E-state index in [1.807, 2.05) is 49.4 Å². The average molecular weight is 644 g/mol. The molecular formula is C35H35FN3O4PS. The Balaban J connectivity index is 1.27. The van der Waals surface area contributed by atoms with E-state index in [0.29, 0.717) is 29.9 Å². The molecule has 3 aromatic heterocycles. The predicted molar refractivity (Wildman–Crippen MR) is 179 cm³/mol. The van der Waals surface area contributed by atoms with E-state index < -0.39 is 13.0 Å². The topological polar surface area (TPSA) is 89.5 Å². The van der Waals surface area contributed by atoms with E-state index in [2.05, 4.69) is 9.97 Å². The summed E-state index contributed by atoms with van der Waals surface area (Å²) in [5, 5.41) is 0.734. The number of thiophene rings is 1. The van der Waals surface area contributed by atoms with E-state index in [0.717, 1.165) is 38.1 Å². The van der Waals surface area contributed by atoms with Gasteiger partial charge in [-0.2, -0.15) is 0 Å². The van der Waals surface area contributed by atoms with Gasteiger partial charge in [-0.15, -0.1) is 11.3 Å². The van der Waals surface area contributed by atoms with Gasteiger partial charge in [0.2, 0.25) is 5.91 Å². The van der Waals surface area contributed by atoms with E-state index in [9.17, 15) is 14.2 Å². The average Bonchev–Trinajstić information content (AvgIpc) is 3.44. The van der Waals surface area contributed by atoms with Gasteiger partial charge < -0.3 is 14.2 Å². The fourth-order valence-electron chi connectivity index (χ4n) is 5.00. The van der Waals surface area contributed by atoms with E-state index in [1.54, 1.807) is 49.7 Å². The van der Waals surface area contributed by atoms with Crippen LogP contribution < -0.4 is 10.0 Å². The molecule has 232 valence electrons. The van der Waals surface area contributed by atoms with Crippen LogP contribution in [0, 0.1) is 5.82 Å². The quantitative estimate of drug-likeness (QED) is 0.130. The minimum atomic E-state index is -2.43. The maximum Gasteiger partial charge on any atom is 0.219 e. The number of hydrogen-bond donors (Lipinski definition) is 0. The third kappa shape index (κ3) is 8.10. The molecule has 0 saturated carbocycles. The molecule has 0 fully saturated rings. The first-order valence-electron chi connectivity index (χ1n) is 14.7. The lowest BCUT2D eigenvalue weighted by Gasteiger charge is -2.20. The summed E-state index contributed by atoms with van der Waals surface area (Å²) in [6.45, 7) is 8.22. The Kier molecular flexibility index (Phi) is 9.90. The van der Waals surface area contributed by atoms with Crippen molar-refractivity contribution < 1.29 is 23.3 Å². The molecule has 5 aromatic rings. The lowest BCUT2D eigenvalue weighted by molar-refractivity contribution is -0.129. The monoisotopic (exact) mass is 643 g/mol. The number of benzene rings is 2. The highest BCUT2D eigenvalue weighted by Gasteiger charge is 2.16. The minimum absolute atomic E-state index is 0.0351. The van der Waals surface area contributed by atoms with Gasteiger partial charge in [0.25, 0.3) is 0 Å². The molecule has 0 atom stereocenters. The molecule has 0 bridgehead atoms. The number of ether oxygens (including phenoxy) is 1. The molecule has 0 spiro atoms. The van der Waals surface area contributed by atoms with Crippen LogP contribution in [-0.4, -0.2) is 46.4 Å². The smallest absolute Gasteiger partial charge is 0.219 e. The third-order valence-electron chi connectivity index (χ3n) is 7.32. The Labute approximate surface area is 266 Å². The molecule has 0 aliphatic rings. The van der Waals surface area contributed by atoms with Crippen molar-refractivity contribution in [1.82, 2.24) is 14.9 Å². The molecule has 5 rings (SSSR count). The Morgan fingerprint density at radius 2 is 1.69 bits per heavy atom. The van der Waals surface area contributed by atoms with Gasteiger partial charge in [-0.1, -0.05) is 37.3 Å². The summed E-state index contributed by atoms with van der Waals surface area (Å²) in [5.41, 5.74) is 3.76. The second-order valence-corrected chi connectivity index (χ2v) is 15.7. The van der Waals surface area contributed by atoms with Gasteiger partial charge in [0, 0.05) is 56.6 Å². The van der Waals surface area contributed by atoms with Crippen molar-refractivity contribution in [3.8, 4) is 22.1 Å². The third-order valence-corrected chi connectivity index (χ3v) is 10.00. The summed E-state index contributed by atoms with van der Waals surface area (Å²) in [7, 11) is -2.43. The first-order valence-corrected chi connectivity index (χ1v) is 18.1. The molecule has 2 aromatic carbocycles. The summed E-state index contributed by atoms with van der Waals surface area (Å²) in [6, 6.07) is 19.3. The van der Waals surface area contributed by atoms with Gasteiger partial charge in [-0.3, -0.25) is 19.6 Å². The molecule has 0 saturated heterocycles. The number of pyridine rings is 2. The van der Waals surface area contributed by atoms with Gasteiger partial charge in [0.05, 0.1) is 20.8 Å². The zero-order valence-corrected chi connectivity index (χ0v) is 27.5. The maximum absolute atomic E-state index is 15.2. The highest BCUT2D eigenvalue weighted by molar-refractivity contribution is 7.70. The molecule has 0 radical (unpaired) electrons. The number of Topliss-reactive ketones (excluding diaryl/α,β-unsaturated/α-hetero) is 1. The Bertz CT molecular complexity index is 1900. The fourth-order valence-corrected chi connectivity index (χ4v) is 6.96. The summed E-state index contributed by atoms with van der Waals surface area (Å²) in [4.78, 5) is 36.4. The Morgan fingerprint density at radius 1 is 0.933 bits per heavy atom. The number of nitrogens with zero attached hydrogens (tertiary/aromatic N) is 3. The molecule has 10 heteroatoms. The number of rotatable bonds is 12. The van der Waals surface area contributed by atoms with Crippen LogP contribution in [0.1, 0.15) is 37.0 Å². The Hall–Kier alpha value is -4.20. The number of carbonyl (C=O) groups excluding carboxylic acids is 2. The van der Waals surface area contributed by atoms with Crippen LogP contribution in [0.5, 0.6) is 11.5 Å². The van der Waals surface area contributed by atoms with Crippen molar-refractivity contribution in [2.75, 3.05) is 19.9 Å². The van der Waals surface area contributed by atoms with Crippen molar-refractivity contribution >= 4 is 45.7 Å². The first kappa shape index (κ1) is 32.2. The molecule has 1 amide bonds. The van der Waals surface area contributed by atoms with Gasteiger partial charge in [-0.25, -0.2) is 4.39 Å². The molecule has 0 N–H and O–H groups in total. The summed E-state index contributed by atoms with van der Waals surface area (Å²) in [5.74, 6) is -0.0818. The van der Waals surface area contributed by atoms with Crippen LogP contribution in [0.4, 0.5) is 4.39 Å². The van der Waals surface area contributed by atoms with E-state index >= 15 is 4.39 Å². The van der Waals surface area contributed by atoms with Gasteiger partial charge in [-0.05, 0) is 66.8 Å². The van der Waals surface area contributed by atoms with Crippen LogP contribution in [0.3, 0.4) is 0 Å². The molecule has 3 heterocycles. The largest absolute Gasteiger partial charge is 0.453 e. The molecule has 45 heavy (non-hydrogen) atoms. The second-order valence-electron chi connectivity index (χ2n) is 11.4. The number of aromatic nitrogens is 2. The van der Waals surface area contributed by atoms with Crippen LogP contribution in [-0.2, 0) is 33.5 Å². The highest BCUT2D eigenvalue weighted by atomic mass is 32.1. The summed E-state index contributed by atoms with van der Waals surface area (Å²) >= 11 is 1.45. The number of fused-ring (bicyclic) bond motifs is 1. The standard InChI is InChI=1S/C35H35FN3O4PS/c1-5-15-39(23(2)40)22-26-9-11-30(38-21-26)34-20-31-35(45-34)33(13-14-37-31)43-32-12-10-25(19-29(32)36)17-27(41)16-24-7-6-8-28(18-24)44(3,4)42/h6-14,18-21H,5,15-17,22H2,1-4H3. The highest BCUT2D eigenvalue weighted by Crippen LogP contribution is 2.39. The Morgan fingerprint density at radius 3 is 2.36 bits per heavy atom. The number of hydrogen-bond acceptors (Lipinski definition) is 7. The van der Waals surface area contributed by atoms with Crippen LogP contribution in [0.25, 0.3) is 20.8 Å². The van der Waals surface area contributed by atoms with Crippen LogP contribution in [0.2, 0.25) is 0 Å². The number of amides is 1. The fraction of sp³-hybridized carbons (Fsp3) is 0.257. The normalized spacial score (nSPS) is 11.5. The molecule has 0 aliphatic carbocycles. The molecule has 0 aliphatic heterocycles. The van der Waals surface area contributed by atoms with Crippen LogP contribution >= 0.6 is 18.5 Å². The summed E-state index contributed by atoms with van der Waals surface area (Å²) in [6.07, 6.45) is 4.53. The lowest BCUT2D eigenvalue weighted by atomic mass is 10.0. The van der Waals surface area contributed by atoms with Gasteiger partial charge >= 0.3 is 0 Å². The molecule has 7 nitrogen and oxygen atoms in total. The van der Waals surface area contributed by atoms with Gasteiger partial charge in [0.1, 0.15) is 18.7 Å². The molecular weight excluding hydrogens is 608 g/mol. The van der Waals surface area contributed by atoms with E-state index in [-0.39, 0.29) is 30.3 Å². The summed E-state index contributed by atoms with van der Waals surface area (Å²) < 4.78 is 34.3. The number of carbonyl (C=O) groups is 2. The minimum Gasteiger partial charge on any atom is -0.453 e.